The zero-order chi connectivity index (χ0) is 13.2. The Bertz CT molecular complexity index is 471. The van der Waals surface area contributed by atoms with E-state index >= 15 is 0 Å². The van der Waals surface area contributed by atoms with Gasteiger partial charge in [-0.3, -0.25) is 10.1 Å². The molecule has 0 amide bonds. The van der Waals surface area contributed by atoms with Crippen LogP contribution in [0.5, 0.6) is 11.5 Å². The fourth-order valence-electron chi connectivity index (χ4n) is 1.47. The first-order chi connectivity index (χ1) is 7.82. The summed E-state index contributed by atoms with van der Waals surface area (Å²) in [6, 6.07) is 1.87. The van der Waals surface area contributed by atoms with Gasteiger partial charge in [0.2, 0.25) is 5.75 Å². The maximum atomic E-state index is 10.6. The fourth-order valence-corrected chi connectivity index (χ4v) is 1.47. The molecule has 0 saturated carbocycles. The van der Waals surface area contributed by atoms with Crippen LogP contribution in [0.4, 0.5) is 5.69 Å². The summed E-state index contributed by atoms with van der Waals surface area (Å²) in [6.45, 7) is 5.48. The van der Waals surface area contributed by atoms with Crippen LogP contribution >= 0.6 is 0 Å². The zero-order valence-corrected chi connectivity index (χ0v) is 9.38. The van der Waals surface area contributed by atoms with E-state index < -0.39 is 28.2 Å². The third-order valence-corrected chi connectivity index (χ3v) is 2.29. The summed E-state index contributed by atoms with van der Waals surface area (Å²) in [5.74, 6) is -1.30. The summed E-state index contributed by atoms with van der Waals surface area (Å²) in [7, 11) is 0. The van der Waals surface area contributed by atoms with E-state index in [1.54, 1.807) is 6.92 Å². The molecule has 17 heavy (non-hydrogen) atoms. The van der Waals surface area contributed by atoms with Crippen molar-refractivity contribution in [2.45, 2.75) is 19.4 Å². The largest absolute Gasteiger partial charge is 0.504 e. The quantitative estimate of drug-likeness (QED) is 0.321. The van der Waals surface area contributed by atoms with Gasteiger partial charge >= 0.3 is 5.69 Å². The van der Waals surface area contributed by atoms with E-state index in [9.17, 15) is 20.3 Å². The molecule has 6 heteroatoms. The van der Waals surface area contributed by atoms with E-state index in [1.165, 1.54) is 6.07 Å². The van der Waals surface area contributed by atoms with Crippen molar-refractivity contribution in [3.05, 3.63) is 40.0 Å². The second kappa shape index (κ2) is 4.84. The number of nitro benzene ring substituents is 1. The van der Waals surface area contributed by atoms with Crippen LogP contribution in [0.15, 0.2) is 24.3 Å². The predicted octanol–water partition coefficient (Wildman–Crippen LogP) is 1.97. The highest BCUT2D eigenvalue weighted by Crippen LogP contribution is 2.38. The van der Waals surface area contributed by atoms with Crippen molar-refractivity contribution in [2.75, 3.05) is 0 Å². The number of nitrogens with two attached hydrogens (primary N) is 1. The number of aromatic hydroxyl groups is 2. The fraction of sp³-hybridized carbons (Fsp3) is 0.273. The van der Waals surface area contributed by atoms with Gasteiger partial charge in [-0.2, -0.15) is 0 Å². The van der Waals surface area contributed by atoms with Gasteiger partial charge in [0.1, 0.15) is 0 Å². The molecule has 1 rings (SSSR count). The molecule has 1 aromatic carbocycles. The van der Waals surface area contributed by atoms with Crippen molar-refractivity contribution < 1.29 is 15.1 Å². The van der Waals surface area contributed by atoms with Crippen LogP contribution in [-0.4, -0.2) is 15.1 Å². The molecule has 0 spiro atoms. The van der Waals surface area contributed by atoms with E-state index in [1.807, 2.05) is 0 Å². The third-order valence-electron chi connectivity index (χ3n) is 2.29. The zero-order valence-electron chi connectivity index (χ0n) is 9.38. The smallest absolute Gasteiger partial charge is 0.314 e. The van der Waals surface area contributed by atoms with Crippen molar-refractivity contribution >= 4 is 5.69 Å². The summed E-state index contributed by atoms with van der Waals surface area (Å²) in [5.41, 5.74) is 6.46. The lowest BCUT2D eigenvalue weighted by atomic mass is 10.00. The minimum atomic E-state index is -0.772. The average Bonchev–Trinajstić information content (AvgIpc) is 2.20. The molecule has 0 fully saturated rings. The molecule has 4 N–H and O–H groups in total. The van der Waals surface area contributed by atoms with Crippen LogP contribution in [0.25, 0.3) is 0 Å². The molecule has 0 heterocycles. The molecular weight excluding hydrogens is 224 g/mol. The van der Waals surface area contributed by atoms with Crippen molar-refractivity contribution in [3.63, 3.8) is 0 Å². The summed E-state index contributed by atoms with van der Waals surface area (Å²) in [5, 5.41) is 29.3. The maximum absolute atomic E-state index is 10.6. The molecule has 0 aliphatic carbocycles. The van der Waals surface area contributed by atoms with Gasteiger partial charge in [0, 0.05) is 12.1 Å². The van der Waals surface area contributed by atoms with Crippen LogP contribution < -0.4 is 5.73 Å². The number of nitro groups is 1. The Morgan fingerprint density at radius 3 is 2.65 bits per heavy atom. The predicted molar refractivity (Wildman–Crippen MR) is 62.8 cm³/mol. The van der Waals surface area contributed by atoms with Gasteiger partial charge < -0.3 is 15.9 Å². The van der Waals surface area contributed by atoms with Gasteiger partial charge in [-0.25, -0.2) is 0 Å². The van der Waals surface area contributed by atoms with Gasteiger partial charge in [0.05, 0.1) is 4.92 Å². The Labute approximate surface area is 98.1 Å². The molecule has 0 radical (unpaired) electrons. The number of phenols is 2. The number of benzene rings is 1. The number of phenolic OH excluding ortho intramolecular Hbond substituents is 2. The molecule has 0 aliphatic heterocycles. The second-order valence-corrected chi connectivity index (χ2v) is 3.93. The summed E-state index contributed by atoms with van der Waals surface area (Å²) < 4.78 is 0. The topological polar surface area (TPSA) is 110 Å². The third kappa shape index (κ3) is 2.94. The number of hydrogen-bond donors (Lipinski definition) is 3. The van der Waals surface area contributed by atoms with Gasteiger partial charge in [0.25, 0.3) is 0 Å². The molecule has 0 unspecified atom stereocenters. The Kier molecular flexibility index (Phi) is 3.69. The highest BCUT2D eigenvalue weighted by molar-refractivity contribution is 5.57. The summed E-state index contributed by atoms with van der Waals surface area (Å²) in [6.07, 6.45) is 0.446. The lowest BCUT2D eigenvalue weighted by molar-refractivity contribution is -0.386. The summed E-state index contributed by atoms with van der Waals surface area (Å²) >= 11 is 0. The Morgan fingerprint density at radius 1 is 1.59 bits per heavy atom. The van der Waals surface area contributed by atoms with Crippen LogP contribution in [0.3, 0.4) is 0 Å². The monoisotopic (exact) mass is 238 g/mol. The molecule has 0 aromatic heterocycles. The van der Waals surface area contributed by atoms with Crippen molar-refractivity contribution in [2.24, 2.45) is 5.73 Å². The standard InChI is InChI=1S/C11H14N2O4/c1-6(2)3-8(12)7-4-9(13(16)17)11(15)10(14)5-7/h4-5,8,14-15H,1,3,12H2,2H3/t8-/m1/s1. The van der Waals surface area contributed by atoms with Crippen molar-refractivity contribution in [1.29, 1.82) is 0 Å². The van der Waals surface area contributed by atoms with Gasteiger partial charge in [0.15, 0.2) is 5.75 Å². The van der Waals surface area contributed by atoms with Gasteiger partial charge in [-0.05, 0) is 25.0 Å². The Morgan fingerprint density at radius 2 is 2.18 bits per heavy atom. The molecule has 1 aromatic rings. The van der Waals surface area contributed by atoms with Crippen molar-refractivity contribution in [1.82, 2.24) is 0 Å². The molecule has 0 saturated heterocycles. The van der Waals surface area contributed by atoms with Crippen LogP contribution in [0.1, 0.15) is 24.9 Å². The molecule has 1 atom stereocenters. The van der Waals surface area contributed by atoms with Gasteiger partial charge in [-0.15, -0.1) is 6.58 Å². The minimum absolute atomic E-state index is 0.384. The Hall–Kier alpha value is -2.08. The van der Waals surface area contributed by atoms with Crippen LogP contribution in [-0.2, 0) is 0 Å². The van der Waals surface area contributed by atoms with Crippen LogP contribution in [0, 0.1) is 10.1 Å². The lowest BCUT2D eigenvalue weighted by Gasteiger charge is -2.12. The highest BCUT2D eigenvalue weighted by Gasteiger charge is 2.21. The first-order valence-corrected chi connectivity index (χ1v) is 4.93. The first-order valence-electron chi connectivity index (χ1n) is 4.93. The van der Waals surface area contributed by atoms with E-state index in [0.717, 1.165) is 11.6 Å². The molecule has 0 aliphatic rings. The number of nitrogens with zero attached hydrogens (tertiary/aromatic N) is 1. The SMILES string of the molecule is C=C(C)C[C@@H](N)c1cc(O)c(O)c([N+](=O)[O-])c1. The average molecular weight is 238 g/mol. The summed E-state index contributed by atoms with van der Waals surface area (Å²) in [4.78, 5) is 9.88. The van der Waals surface area contributed by atoms with E-state index in [-0.39, 0.29) is 0 Å². The van der Waals surface area contributed by atoms with E-state index in [4.69, 9.17) is 5.73 Å². The first kappa shape index (κ1) is 13.0. The Balaban J connectivity index is 3.18. The molecule has 92 valence electrons. The lowest BCUT2D eigenvalue weighted by Crippen LogP contribution is -2.10. The van der Waals surface area contributed by atoms with E-state index in [0.29, 0.717) is 12.0 Å². The number of hydrogen-bond acceptors (Lipinski definition) is 5. The second-order valence-electron chi connectivity index (χ2n) is 3.93. The maximum Gasteiger partial charge on any atom is 0.314 e. The minimum Gasteiger partial charge on any atom is -0.504 e. The van der Waals surface area contributed by atoms with Crippen LogP contribution in [0.2, 0.25) is 0 Å². The van der Waals surface area contributed by atoms with Gasteiger partial charge in [-0.1, -0.05) is 5.57 Å². The van der Waals surface area contributed by atoms with Crippen molar-refractivity contribution in [3.8, 4) is 11.5 Å². The molecule has 6 nitrogen and oxygen atoms in total. The normalized spacial score (nSPS) is 12.1. The van der Waals surface area contributed by atoms with E-state index in [2.05, 4.69) is 6.58 Å². The molecule has 0 bridgehead atoms. The number of rotatable bonds is 4. The molecular formula is C11H14N2O4. The highest BCUT2D eigenvalue weighted by atomic mass is 16.6.